The topological polar surface area (TPSA) is 67.1 Å². The fourth-order valence-corrected chi connectivity index (χ4v) is 3.53. The molecule has 7 heteroatoms. The maximum Gasteiger partial charge on any atom is 0.229 e. The van der Waals surface area contributed by atoms with Crippen LogP contribution in [0.2, 0.25) is 0 Å². The third-order valence-electron chi connectivity index (χ3n) is 4.34. The molecule has 118 valence electrons. The predicted molar refractivity (Wildman–Crippen MR) is 83.5 cm³/mol. The smallest absolute Gasteiger partial charge is 0.229 e. The minimum atomic E-state index is 0.519. The van der Waals surface area contributed by atoms with Crippen LogP contribution in [-0.2, 0) is 13.1 Å². The Bertz CT molecular complexity index is 595. The Balaban J connectivity index is 1.28. The summed E-state index contributed by atoms with van der Waals surface area (Å²) in [7, 11) is 0. The van der Waals surface area contributed by atoms with Gasteiger partial charge in [0.05, 0.1) is 17.7 Å². The van der Waals surface area contributed by atoms with Gasteiger partial charge in [0.2, 0.25) is 5.89 Å². The molecule has 2 aromatic heterocycles. The molecule has 0 amide bonds. The van der Waals surface area contributed by atoms with Gasteiger partial charge in [-0.2, -0.15) is 4.98 Å². The van der Waals surface area contributed by atoms with Gasteiger partial charge in [0, 0.05) is 30.4 Å². The lowest BCUT2D eigenvalue weighted by Crippen LogP contribution is -2.45. The van der Waals surface area contributed by atoms with Crippen molar-refractivity contribution >= 4 is 11.3 Å². The Labute approximate surface area is 133 Å². The van der Waals surface area contributed by atoms with Crippen molar-refractivity contribution in [3.8, 4) is 0 Å². The third kappa shape index (κ3) is 3.53. The lowest BCUT2D eigenvalue weighted by Gasteiger charge is -2.32. The molecule has 0 radical (unpaired) electrons. The third-order valence-corrected chi connectivity index (χ3v) is 4.97. The first-order valence-electron chi connectivity index (χ1n) is 8.02. The van der Waals surface area contributed by atoms with Crippen LogP contribution < -0.4 is 5.32 Å². The molecule has 1 aliphatic carbocycles. The number of hydrogen-bond donors (Lipinski definition) is 1. The summed E-state index contributed by atoms with van der Waals surface area (Å²) in [5.41, 5.74) is 3.02. The Morgan fingerprint density at radius 3 is 3.14 bits per heavy atom. The zero-order valence-corrected chi connectivity index (χ0v) is 13.4. The van der Waals surface area contributed by atoms with E-state index in [9.17, 15) is 0 Å². The first-order valence-corrected chi connectivity index (χ1v) is 8.96. The summed E-state index contributed by atoms with van der Waals surface area (Å²) in [4.78, 5) is 11.3. The van der Waals surface area contributed by atoms with E-state index < -0.39 is 0 Å². The van der Waals surface area contributed by atoms with Crippen LogP contribution in [0, 0.1) is 0 Å². The van der Waals surface area contributed by atoms with Crippen molar-refractivity contribution in [1.82, 2.24) is 25.3 Å². The van der Waals surface area contributed by atoms with Gasteiger partial charge in [-0.1, -0.05) is 5.16 Å². The molecule has 1 saturated heterocycles. The van der Waals surface area contributed by atoms with E-state index in [4.69, 9.17) is 4.52 Å². The number of nitrogens with zero attached hydrogens (tertiary/aromatic N) is 4. The highest BCUT2D eigenvalue weighted by Gasteiger charge is 2.30. The minimum absolute atomic E-state index is 0.519. The molecule has 2 aliphatic rings. The van der Waals surface area contributed by atoms with E-state index in [1.807, 2.05) is 5.51 Å². The summed E-state index contributed by atoms with van der Waals surface area (Å²) < 4.78 is 5.34. The predicted octanol–water partition coefficient (Wildman–Crippen LogP) is 2.16. The molecule has 3 heterocycles. The Kier molecular flexibility index (Phi) is 4.18. The maximum absolute atomic E-state index is 5.34. The van der Waals surface area contributed by atoms with Crippen LogP contribution >= 0.6 is 11.3 Å². The van der Waals surface area contributed by atoms with Crippen LogP contribution in [0.3, 0.4) is 0 Å². The molecule has 1 saturated carbocycles. The molecule has 0 unspecified atom stereocenters. The Morgan fingerprint density at radius 2 is 2.32 bits per heavy atom. The SMILES string of the molecule is c1nc(CN[C@H]2CCCN(Cc3noc(C4CC4)n3)C2)cs1. The molecule has 0 spiro atoms. The fraction of sp³-hybridized carbons (Fsp3) is 0.667. The van der Waals surface area contributed by atoms with Crippen molar-refractivity contribution < 1.29 is 4.52 Å². The molecule has 0 bridgehead atoms. The van der Waals surface area contributed by atoms with Gasteiger partial charge < -0.3 is 9.84 Å². The molecule has 1 aliphatic heterocycles. The van der Waals surface area contributed by atoms with Crippen LogP contribution in [0.5, 0.6) is 0 Å². The number of rotatable bonds is 6. The first-order chi connectivity index (χ1) is 10.9. The Hall–Kier alpha value is -1.31. The van der Waals surface area contributed by atoms with Crippen molar-refractivity contribution in [3.63, 3.8) is 0 Å². The first kappa shape index (κ1) is 14.3. The molecule has 6 nitrogen and oxygen atoms in total. The number of thiazole rings is 1. The van der Waals surface area contributed by atoms with Gasteiger partial charge >= 0.3 is 0 Å². The molecule has 4 rings (SSSR count). The molecular formula is C15H21N5OS. The van der Waals surface area contributed by atoms with Crippen LogP contribution in [0.4, 0.5) is 0 Å². The van der Waals surface area contributed by atoms with E-state index in [2.05, 4.69) is 30.7 Å². The zero-order valence-electron chi connectivity index (χ0n) is 12.6. The van der Waals surface area contributed by atoms with Gasteiger partial charge in [-0.25, -0.2) is 4.98 Å². The van der Waals surface area contributed by atoms with Crippen molar-refractivity contribution in [3.05, 3.63) is 28.3 Å². The standard InChI is InChI=1S/C15H21N5OS/c1-2-12(16-6-13-9-22-10-17-13)7-20(5-1)8-14-18-15(21-19-14)11-3-4-11/h9-12,16H,1-8H2/t12-/m0/s1. The van der Waals surface area contributed by atoms with Crippen LogP contribution in [0.25, 0.3) is 0 Å². The molecule has 1 N–H and O–H groups in total. The fourth-order valence-electron chi connectivity index (χ4n) is 2.97. The summed E-state index contributed by atoms with van der Waals surface area (Å²) in [5.74, 6) is 2.21. The highest BCUT2D eigenvalue weighted by molar-refractivity contribution is 7.07. The van der Waals surface area contributed by atoms with Gasteiger partial charge in [0.15, 0.2) is 5.82 Å². The molecule has 0 aromatic carbocycles. The highest BCUT2D eigenvalue weighted by Crippen LogP contribution is 2.38. The molecule has 1 atom stereocenters. The van der Waals surface area contributed by atoms with Gasteiger partial charge in [0.25, 0.3) is 0 Å². The van der Waals surface area contributed by atoms with Gasteiger partial charge in [-0.05, 0) is 32.2 Å². The van der Waals surface area contributed by atoms with E-state index in [1.54, 1.807) is 11.3 Å². The van der Waals surface area contributed by atoms with Crippen molar-refractivity contribution in [1.29, 1.82) is 0 Å². The minimum Gasteiger partial charge on any atom is -0.339 e. The largest absolute Gasteiger partial charge is 0.339 e. The average molecular weight is 319 g/mol. The zero-order chi connectivity index (χ0) is 14.8. The molecule has 2 aromatic rings. The van der Waals surface area contributed by atoms with E-state index >= 15 is 0 Å². The quantitative estimate of drug-likeness (QED) is 0.880. The van der Waals surface area contributed by atoms with Crippen LogP contribution in [-0.4, -0.2) is 39.2 Å². The summed E-state index contributed by atoms with van der Waals surface area (Å²) in [6, 6.07) is 0.519. The summed E-state index contributed by atoms with van der Waals surface area (Å²) in [5, 5.41) is 9.84. The second-order valence-corrected chi connectivity index (χ2v) is 6.98. The summed E-state index contributed by atoms with van der Waals surface area (Å²) in [6.07, 6.45) is 4.84. The second-order valence-electron chi connectivity index (χ2n) is 6.26. The number of hydrogen-bond acceptors (Lipinski definition) is 7. The highest BCUT2D eigenvalue weighted by atomic mass is 32.1. The van der Waals surface area contributed by atoms with E-state index in [0.29, 0.717) is 12.0 Å². The van der Waals surface area contributed by atoms with Crippen molar-refractivity contribution in [2.24, 2.45) is 0 Å². The second kappa shape index (κ2) is 6.44. The van der Waals surface area contributed by atoms with Crippen LogP contribution in [0.1, 0.15) is 49.0 Å². The van der Waals surface area contributed by atoms with E-state index in [-0.39, 0.29) is 0 Å². The van der Waals surface area contributed by atoms with Crippen molar-refractivity contribution in [2.45, 2.75) is 50.7 Å². The average Bonchev–Trinajstić information content (AvgIpc) is 3.06. The molecular weight excluding hydrogens is 298 g/mol. The van der Waals surface area contributed by atoms with Gasteiger partial charge in [0.1, 0.15) is 0 Å². The number of nitrogens with one attached hydrogen (secondary N) is 1. The van der Waals surface area contributed by atoms with E-state index in [0.717, 1.165) is 43.6 Å². The van der Waals surface area contributed by atoms with E-state index in [1.165, 1.54) is 25.7 Å². The maximum atomic E-state index is 5.34. The van der Waals surface area contributed by atoms with Crippen LogP contribution in [0.15, 0.2) is 15.4 Å². The number of piperidine rings is 1. The lowest BCUT2D eigenvalue weighted by molar-refractivity contribution is 0.177. The number of likely N-dealkylation sites (tertiary alicyclic amines) is 1. The van der Waals surface area contributed by atoms with Gasteiger partial charge in [-0.3, -0.25) is 4.90 Å². The monoisotopic (exact) mass is 319 g/mol. The normalized spacial score (nSPS) is 23.0. The number of aromatic nitrogens is 3. The summed E-state index contributed by atoms with van der Waals surface area (Å²) >= 11 is 1.65. The molecule has 2 fully saturated rings. The molecule has 22 heavy (non-hydrogen) atoms. The van der Waals surface area contributed by atoms with Gasteiger partial charge in [-0.15, -0.1) is 11.3 Å². The summed E-state index contributed by atoms with van der Waals surface area (Å²) in [6.45, 7) is 3.81. The van der Waals surface area contributed by atoms with Crippen molar-refractivity contribution in [2.75, 3.05) is 13.1 Å². The Morgan fingerprint density at radius 1 is 1.36 bits per heavy atom. The lowest BCUT2D eigenvalue weighted by atomic mass is 10.1.